The lowest BCUT2D eigenvalue weighted by atomic mass is 10.1. The van der Waals surface area contributed by atoms with E-state index in [-0.39, 0.29) is 36.3 Å². The summed E-state index contributed by atoms with van der Waals surface area (Å²) < 4.78 is 5.30. The third-order valence-electron chi connectivity index (χ3n) is 3.89. The molecule has 2 aromatic carbocycles. The van der Waals surface area contributed by atoms with E-state index in [0.29, 0.717) is 18.1 Å². The molecule has 0 aliphatic heterocycles. The van der Waals surface area contributed by atoms with E-state index in [1.165, 1.54) is 4.90 Å². The number of likely N-dealkylation sites (N-methyl/N-ethyl adjacent to an activating group) is 1. The molecule has 0 heterocycles. The minimum Gasteiger partial charge on any atom is -0.483 e. The first-order chi connectivity index (χ1) is 13.4. The number of hydrogen-bond acceptors (Lipinski definition) is 4. The average molecular weight is 404 g/mol. The molecule has 0 saturated heterocycles. The van der Waals surface area contributed by atoms with Gasteiger partial charge in [-0.15, -0.1) is 0 Å². The number of nitrogens with zero attached hydrogens (tertiary/aromatic N) is 1. The van der Waals surface area contributed by atoms with Gasteiger partial charge in [-0.1, -0.05) is 35.9 Å². The predicted octanol–water partition coefficient (Wildman–Crippen LogP) is 1.98. The van der Waals surface area contributed by atoms with Gasteiger partial charge in [-0.25, -0.2) is 0 Å². The van der Waals surface area contributed by atoms with E-state index in [1.54, 1.807) is 43.3 Å². The molecule has 0 aliphatic carbocycles. The van der Waals surface area contributed by atoms with Crippen LogP contribution in [-0.4, -0.2) is 42.3 Å². The van der Waals surface area contributed by atoms with Gasteiger partial charge in [-0.05, 0) is 36.8 Å². The van der Waals surface area contributed by atoms with Crippen molar-refractivity contribution in [2.45, 2.75) is 13.5 Å². The lowest BCUT2D eigenvalue weighted by Crippen LogP contribution is -2.40. The van der Waals surface area contributed by atoms with Crippen LogP contribution in [0.1, 0.15) is 22.8 Å². The zero-order valence-corrected chi connectivity index (χ0v) is 16.2. The van der Waals surface area contributed by atoms with E-state index in [2.05, 4.69) is 5.32 Å². The number of ether oxygens (including phenoxy) is 1. The Morgan fingerprint density at radius 2 is 1.79 bits per heavy atom. The number of carbonyl (C=O) groups is 3. The lowest BCUT2D eigenvalue weighted by molar-refractivity contribution is -0.122. The van der Waals surface area contributed by atoms with Crippen LogP contribution in [-0.2, 0) is 16.1 Å². The smallest absolute Gasteiger partial charge is 0.258 e. The monoisotopic (exact) mass is 403 g/mol. The third kappa shape index (κ3) is 6.28. The Kier molecular flexibility index (Phi) is 7.83. The number of hydrogen-bond donors (Lipinski definition) is 2. The number of amides is 3. The van der Waals surface area contributed by atoms with Crippen molar-refractivity contribution in [3.05, 3.63) is 64.7 Å². The summed E-state index contributed by atoms with van der Waals surface area (Å²) in [7, 11) is 0. The summed E-state index contributed by atoms with van der Waals surface area (Å²) in [6.07, 6.45) is 0. The number of primary amides is 1. The van der Waals surface area contributed by atoms with Crippen molar-refractivity contribution in [2.75, 3.05) is 19.7 Å². The van der Waals surface area contributed by atoms with Gasteiger partial charge in [0.15, 0.2) is 6.61 Å². The molecule has 3 N–H and O–H groups in total. The second kappa shape index (κ2) is 10.3. The fourth-order valence-corrected chi connectivity index (χ4v) is 2.57. The maximum atomic E-state index is 12.8. The molecule has 148 valence electrons. The summed E-state index contributed by atoms with van der Waals surface area (Å²) in [5.74, 6) is -1.06. The van der Waals surface area contributed by atoms with Crippen LogP contribution >= 0.6 is 11.6 Å². The van der Waals surface area contributed by atoms with E-state index in [4.69, 9.17) is 22.1 Å². The molecule has 0 aromatic heterocycles. The van der Waals surface area contributed by atoms with Gasteiger partial charge in [0.2, 0.25) is 5.91 Å². The number of para-hydroxylation sites is 1. The van der Waals surface area contributed by atoms with Crippen LogP contribution < -0.4 is 15.8 Å². The Labute approximate surface area is 168 Å². The van der Waals surface area contributed by atoms with Gasteiger partial charge < -0.3 is 20.7 Å². The second-order valence-electron chi connectivity index (χ2n) is 5.97. The number of halogens is 1. The van der Waals surface area contributed by atoms with E-state index in [1.807, 2.05) is 12.1 Å². The van der Waals surface area contributed by atoms with Crippen molar-refractivity contribution < 1.29 is 19.1 Å². The summed E-state index contributed by atoms with van der Waals surface area (Å²) in [4.78, 5) is 37.4. The molecular formula is C20H22ClN3O4. The minimum atomic E-state index is -0.642. The second-order valence-corrected chi connectivity index (χ2v) is 6.41. The van der Waals surface area contributed by atoms with Gasteiger partial charge in [0.25, 0.3) is 11.8 Å². The molecule has 2 aromatic rings. The molecule has 0 atom stereocenters. The van der Waals surface area contributed by atoms with E-state index < -0.39 is 5.91 Å². The van der Waals surface area contributed by atoms with Crippen molar-refractivity contribution in [3.8, 4) is 5.75 Å². The van der Waals surface area contributed by atoms with Gasteiger partial charge >= 0.3 is 0 Å². The van der Waals surface area contributed by atoms with Crippen LogP contribution in [0, 0.1) is 0 Å². The summed E-state index contributed by atoms with van der Waals surface area (Å²) in [6, 6.07) is 13.6. The molecule has 7 nitrogen and oxygen atoms in total. The quantitative estimate of drug-likeness (QED) is 0.668. The largest absolute Gasteiger partial charge is 0.483 e. The molecule has 28 heavy (non-hydrogen) atoms. The Bertz CT molecular complexity index is 840. The number of carbonyl (C=O) groups excluding carboxylic acids is 3. The maximum Gasteiger partial charge on any atom is 0.258 e. The van der Waals surface area contributed by atoms with Gasteiger partial charge in [0, 0.05) is 18.1 Å². The number of nitrogens with one attached hydrogen (secondary N) is 1. The molecule has 0 bridgehead atoms. The Morgan fingerprint density at radius 3 is 2.43 bits per heavy atom. The highest BCUT2D eigenvalue weighted by Crippen LogP contribution is 2.20. The highest BCUT2D eigenvalue weighted by Gasteiger charge is 2.20. The fourth-order valence-electron chi connectivity index (χ4n) is 2.45. The summed E-state index contributed by atoms with van der Waals surface area (Å²) in [5.41, 5.74) is 6.25. The minimum absolute atomic E-state index is 0.104. The van der Waals surface area contributed by atoms with E-state index in [9.17, 15) is 14.4 Å². The van der Waals surface area contributed by atoms with Crippen molar-refractivity contribution in [1.29, 1.82) is 0 Å². The van der Waals surface area contributed by atoms with Crippen LogP contribution in [0.4, 0.5) is 0 Å². The first kappa shape index (κ1) is 21.2. The van der Waals surface area contributed by atoms with Crippen LogP contribution in [0.5, 0.6) is 5.75 Å². The molecule has 2 rings (SSSR count). The first-order valence-corrected chi connectivity index (χ1v) is 9.09. The Balaban J connectivity index is 2.00. The number of rotatable bonds is 9. The molecule has 3 amide bonds. The van der Waals surface area contributed by atoms with Gasteiger partial charge in [0.05, 0.1) is 12.1 Å². The van der Waals surface area contributed by atoms with E-state index in [0.717, 1.165) is 5.56 Å². The molecule has 0 aliphatic rings. The zero-order chi connectivity index (χ0) is 20.5. The normalized spacial score (nSPS) is 10.2. The molecule has 0 unspecified atom stereocenters. The predicted molar refractivity (Wildman–Crippen MR) is 106 cm³/mol. The molecule has 0 spiro atoms. The van der Waals surface area contributed by atoms with Gasteiger partial charge in [0.1, 0.15) is 5.75 Å². The highest BCUT2D eigenvalue weighted by molar-refractivity contribution is 6.30. The number of nitrogens with two attached hydrogens (primary N) is 1. The molecule has 0 radical (unpaired) electrons. The third-order valence-corrected chi connectivity index (χ3v) is 4.15. The van der Waals surface area contributed by atoms with Crippen LogP contribution in [0.2, 0.25) is 5.02 Å². The SMILES string of the molecule is CCN(CC(=O)NCc1ccc(Cl)cc1)C(=O)c1ccccc1OCC(N)=O. The molecular weight excluding hydrogens is 382 g/mol. The first-order valence-electron chi connectivity index (χ1n) is 8.71. The Hall–Kier alpha value is -3.06. The van der Waals surface area contributed by atoms with Crippen molar-refractivity contribution in [1.82, 2.24) is 10.2 Å². The van der Waals surface area contributed by atoms with E-state index >= 15 is 0 Å². The summed E-state index contributed by atoms with van der Waals surface area (Å²) in [6.45, 7) is 2.00. The van der Waals surface area contributed by atoms with Crippen LogP contribution in [0.3, 0.4) is 0 Å². The maximum absolute atomic E-state index is 12.8. The molecule has 0 saturated carbocycles. The van der Waals surface area contributed by atoms with Gasteiger partial charge in [-0.3, -0.25) is 14.4 Å². The van der Waals surface area contributed by atoms with Crippen LogP contribution in [0.25, 0.3) is 0 Å². The van der Waals surface area contributed by atoms with Crippen molar-refractivity contribution >= 4 is 29.3 Å². The molecule has 0 fully saturated rings. The lowest BCUT2D eigenvalue weighted by Gasteiger charge is -2.21. The topological polar surface area (TPSA) is 102 Å². The highest BCUT2D eigenvalue weighted by atomic mass is 35.5. The zero-order valence-electron chi connectivity index (χ0n) is 15.5. The van der Waals surface area contributed by atoms with Crippen molar-refractivity contribution in [3.63, 3.8) is 0 Å². The average Bonchev–Trinajstić information content (AvgIpc) is 2.69. The van der Waals surface area contributed by atoms with Crippen molar-refractivity contribution in [2.24, 2.45) is 5.73 Å². The molecule has 8 heteroatoms. The fraction of sp³-hybridized carbons (Fsp3) is 0.250. The standard InChI is InChI=1S/C20H22ClN3O4/c1-2-24(12-19(26)23-11-14-7-9-15(21)10-8-14)20(27)16-5-3-4-6-17(16)28-13-18(22)25/h3-10H,2,11-13H2,1H3,(H2,22,25)(H,23,26). The van der Waals surface area contributed by atoms with Crippen LogP contribution in [0.15, 0.2) is 48.5 Å². The Morgan fingerprint density at radius 1 is 1.11 bits per heavy atom. The summed E-state index contributed by atoms with van der Waals surface area (Å²) >= 11 is 5.84. The number of benzene rings is 2. The summed E-state index contributed by atoms with van der Waals surface area (Å²) in [5, 5.41) is 3.40. The van der Waals surface area contributed by atoms with Gasteiger partial charge in [-0.2, -0.15) is 0 Å².